The van der Waals surface area contributed by atoms with E-state index >= 15 is 0 Å². The van der Waals surface area contributed by atoms with Crippen molar-refractivity contribution in [2.45, 2.75) is 32.4 Å². The zero-order chi connectivity index (χ0) is 22.1. The lowest BCUT2D eigenvalue weighted by molar-refractivity contribution is -0.121. The van der Waals surface area contributed by atoms with Crippen LogP contribution in [0.15, 0.2) is 53.5 Å². The zero-order valence-corrected chi connectivity index (χ0v) is 21.0. The van der Waals surface area contributed by atoms with Gasteiger partial charge in [-0.3, -0.25) is 9.79 Å². The van der Waals surface area contributed by atoms with Crippen LogP contribution in [0.4, 0.5) is 4.39 Å². The molecular formula is C24H32FIN4O2. The summed E-state index contributed by atoms with van der Waals surface area (Å²) in [5.74, 6) is 1.92. The van der Waals surface area contributed by atoms with Gasteiger partial charge in [0.2, 0.25) is 5.91 Å². The Bertz CT molecular complexity index is 884. The van der Waals surface area contributed by atoms with Crippen LogP contribution in [-0.2, 0) is 17.9 Å². The first-order valence-corrected chi connectivity index (χ1v) is 10.7. The van der Waals surface area contributed by atoms with Crippen molar-refractivity contribution in [3.63, 3.8) is 0 Å². The average molecular weight is 554 g/mol. The monoisotopic (exact) mass is 554 g/mol. The van der Waals surface area contributed by atoms with Gasteiger partial charge in [0.05, 0.1) is 0 Å². The summed E-state index contributed by atoms with van der Waals surface area (Å²) in [6.45, 7) is 2.79. The molecule has 0 atom stereocenters. The van der Waals surface area contributed by atoms with Gasteiger partial charge in [0.15, 0.2) is 5.96 Å². The third-order valence-corrected chi connectivity index (χ3v) is 5.55. The molecule has 6 nitrogen and oxygen atoms in total. The van der Waals surface area contributed by atoms with Gasteiger partial charge in [-0.05, 0) is 54.2 Å². The lowest BCUT2D eigenvalue weighted by Gasteiger charge is -2.34. The molecule has 0 radical (unpaired) electrons. The van der Waals surface area contributed by atoms with E-state index in [1.165, 1.54) is 12.1 Å². The summed E-state index contributed by atoms with van der Waals surface area (Å²) < 4.78 is 19.0. The smallest absolute Gasteiger partial charge is 0.220 e. The van der Waals surface area contributed by atoms with Crippen LogP contribution < -0.4 is 15.4 Å². The maximum absolute atomic E-state index is 13.3. The molecule has 0 bridgehead atoms. The molecule has 2 N–H and O–H groups in total. The van der Waals surface area contributed by atoms with Gasteiger partial charge >= 0.3 is 0 Å². The number of aliphatic imine (C=N–C) groups is 1. The summed E-state index contributed by atoms with van der Waals surface area (Å²) >= 11 is 0. The van der Waals surface area contributed by atoms with E-state index in [9.17, 15) is 9.18 Å². The van der Waals surface area contributed by atoms with Crippen molar-refractivity contribution in [1.82, 2.24) is 15.5 Å². The molecule has 1 amide bonds. The minimum atomic E-state index is -0.258. The van der Waals surface area contributed by atoms with E-state index in [0.29, 0.717) is 25.5 Å². The molecular weight excluding hydrogens is 522 g/mol. The summed E-state index contributed by atoms with van der Waals surface area (Å²) in [7, 11) is 3.48. The van der Waals surface area contributed by atoms with Crippen molar-refractivity contribution in [2.24, 2.45) is 10.9 Å². The quantitative estimate of drug-likeness (QED) is 0.309. The normalized spacial score (nSPS) is 14.5. The molecule has 1 fully saturated rings. The Morgan fingerprint density at radius 3 is 2.50 bits per heavy atom. The van der Waals surface area contributed by atoms with Crippen LogP contribution in [0.5, 0.6) is 5.75 Å². The van der Waals surface area contributed by atoms with Crippen LogP contribution in [0, 0.1) is 11.7 Å². The van der Waals surface area contributed by atoms with Gasteiger partial charge in [0, 0.05) is 40.2 Å². The summed E-state index contributed by atoms with van der Waals surface area (Å²) in [6, 6.07) is 14.3. The molecule has 0 aromatic heterocycles. The number of hydrogen-bond acceptors (Lipinski definition) is 3. The number of hydrogen-bond donors (Lipinski definition) is 2. The third-order valence-electron chi connectivity index (χ3n) is 5.55. The fourth-order valence-corrected chi connectivity index (χ4v) is 3.72. The van der Waals surface area contributed by atoms with Crippen molar-refractivity contribution >= 4 is 35.8 Å². The highest BCUT2D eigenvalue weighted by Gasteiger charge is 2.22. The predicted octanol–water partition coefficient (Wildman–Crippen LogP) is 3.95. The molecule has 3 rings (SSSR count). The largest absolute Gasteiger partial charge is 0.489 e. The summed E-state index contributed by atoms with van der Waals surface area (Å²) in [6.07, 6.45) is 2.58. The number of ether oxygens (including phenoxy) is 1. The Balaban J connectivity index is 0.00000363. The standard InChI is InChI=1S/C24H31FN4O2.HI/c1-26-23(30)15-18-10-12-29(13-11-18)24(27-2)28-16-19-6-8-22(9-7-19)31-17-20-4-3-5-21(25)14-20;/h3-9,14,18H,10-13,15-17H2,1-2H3,(H,26,30)(H,27,28);1H. The summed E-state index contributed by atoms with van der Waals surface area (Å²) in [4.78, 5) is 18.2. The first kappa shape index (κ1) is 25.9. The highest BCUT2D eigenvalue weighted by Crippen LogP contribution is 2.20. The second-order valence-corrected chi connectivity index (χ2v) is 7.77. The lowest BCUT2D eigenvalue weighted by atomic mass is 9.93. The molecule has 0 aliphatic carbocycles. The van der Waals surface area contributed by atoms with Crippen molar-refractivity contribution in [2.75, 3.05) is 27.2 Å². The van der Waals surface area contributed by atoms with Gasteiger partial charge < -0.3 is 20.3 Å². The Kier molecular flexibility index (Phi) is 10.7. The average Bonchev–Trinajstić information content (AvgIpc) is 2.80. The van der Waals surface area contributed by atoms with Gasteiger partial charge in [-0.15, -0.1) is 24.0 Å². The Morgan fingerprint density at radius 1 is 1.16 bits per heavy atom. The van der Waals surface area contributed by atoms with E-state index in [0.717, 1.165) is 48.8 Å². The van der Waals surface area contributed by atoms with Gasteiger partial charge in [-0.1, -0.05) is 24.3 Å². The van der Waals surface area contributed by atoms with E-state index < -0.39 is 0 Å². The van der Waals surface area contributed by atoms with E-state index in [2.05, 4.69) is 20.5 Å². The van der Waals surface area contributed by atoms with Crippen LogP contribution >= 0.6 is 24.0 Å². The van der Waals surface area contributed by atoms with Gasteiger partial charge in [-0.2, -0.15) is 0 Å². The van der Waals surface area contributed by atoms with Gasteiger partial charge in [0.1, 0.15) is 18.2 Å². The summed E-state index contributed by atoms with van der Waals surface area (Å²) in [5.41, 5.74) is 1.92. The maximum atomic E-state index is 13.3. The topological polar surface area (TPSA) is 66.0 Å². The molecule has 2 aromatic rings. The van der Waals surface area contributed by atoms with Crippen LogP contribution in [0.1, 0.15) is 30.4 Å². The molecule has 32 heavy (non-hydrogen) atoms. The number of piperidine rings is 1. The van der Waals surface area contributed by atoms with E-state index in [-0.39, 0.29) is 35.7 Å². The van der Waals surface area contributed by atoms with Crippen molar-refractivity contribution in [1.29, 1.82) is 0 Å². The number of guanidine groups is 1. The Morgan fingerprint density at radius 2 is 1.88 bits per heavy atom. The van der Waals surface area contributed by atoms with Gasteiger partial charge in [0.25, 0.3) is 0 Å². The summed E-state index contributed by atoms with van der Waals surface area (Å²) in [5, 5.41) is 6.13. The fraction of sp³-hybridized carbons (Fsp3) is 0.417. The molecule has 0 saturated carbocycles. The second kappa shape index (κ2) is 13.2. The number of amides is 1. The van der Waals surface area contributed by atoms with Crippen LogP contribution in [-0.4, -0.2) is 44.0 Å². The zero-order valence-electron chi connectivity index (χ0n) is 18.6. The molecule has 2 aromatic carbocycles. The van der Waals surface area contributed by atoms with E-state index in [4.69, 9.17) is 4.74 Å². The first-order valence-electron chi connectivity index (χ1n) is 10.7. The Hall–Kier alpha value is -2.36. The minimum Gasteiger partial charge on any atom is -0.489 e. The molecule has 0 unspecified atom stereocenters. The first-order chi connectivity index (χ1) is 15.1. The van der Waals surface area contributed by atoms with Crippen molar-refractivity contribution in [3.8, 4) is 5.75 Å². The van der Waals surface area contributed by atoms with Gasteiger partial charge in [-0.25, -0.2) is 4.39 Å². The molecule has 1 aliphatic rings. The highest BCUT2D eigenvalue weighted by atomic mass is 127. The molecule has 8 heteroatoms. The number of carbonyl (C=O) groups excluding carboxylic acids is 1. The number of nitrogens with one attached hydrogen (secondary N) is 2. The number of halogens is 2. The number of likely N-dealkylation sites (tertiary alicyclic amines) is 1. The van der Waals surface area contributed by atoms with Crippen LogP contribution in [0.3, 0.4) is 0 Å². The Labute approximate surface area is 206 Å². The minimum absolute atomic E-state index is 0. The maximum Gasteiger partial charge on any atom is 0.220 e. The second-order valence-electron chi connectivity index (χ2n) is 7.77. The number of benzene rings is 2. The molecule has 1 heterocycles. The van der Waals surface area contributed by atoms with E-state index in [1.54, 1.807) is 20.2 Å². The number of carbonyl (C=O) groups is 1. The highest BCUT2D eigenvalue weighted by molar-refractivity contribution is 14.0. The fourth-order valence-electron chi connectivity index (χ4n) is 3.72. The number of nitrogens with zero attached hydrogens (tertiary/aromatic N) is 2. The van der Waals surface area contributed by atoms with Crippen LogP contribution in [0.2, 0.25) is 0 Å². The number of rotatable bonds is 7. The molecule has 1 saturated heterocycles. The molecule has 1 aliphatic heterocycles. The van der Waals surface area contributed by atoms with Crippen LogP contribution in [0.25, 0.3) is 0 Å². The SMILES string of the molecule is CN=C(NCc1ccc(OCc2cccc(F)c2)cc1)N1CCC(CC(=O)NC)CC1.I. The lowest BCUT2D eigenvalue weighted by Crippen LogP contribution is -2.45. The molecule has 0 spiro atoms. The molecule has 174 valence electrons. The predicted molar refractivity (Wildman–Crippen MR) is 136 cm³/mol. The third kappa shape index (κ3) is 7.96. The van der Waals surface area contributed by atoms with E-state index in [1.807, 2.05) is 30.3 Å². The van der Waals surface area contributed by atoms with Crippen molar-refractivity contribution in [3.05, 3.63) is 65.5 Å². The van der Waals surface area contributed by atoms with Crippen molar-refractivity contribution < 1.29 is 13.9 Å².